The van der Waals surface area contributed by atoms with Crippen molar-refractivity contribution >= 4 is 23.0 Å². The summed E-state index contributed by atoms with van der Waals surface area (Å²) in [5, 5.41) is 6.65. The molecule has 0 aliphatic carbocycles. The summed E-state index contributed by atoms with van der Waals surface area (Å²) in [7, 11) is 0. The molecule has 0 atom stereocenters. The van der Waals surface area contributed by atoms with Gasteiger partial charge in [-0.25, -0.2) is 4.39 Å². The second-order valence-electron chi connectivity index (χ2n) is 9.78. The first-order chi connectivity index (χ1) is 18.4. The molecule has 6 nitrogen and oxygen atoms in total. The first-order valence-corrected chi connectivity index (χ1v) is 13.5. The van der Waals surface area contributed by atoms with Gasteiger partial charge in [-0.05, 0) is 70.4 Å². The van der Waals surface area contributed by atoms with Gasteiger partial charge in [0.1, 0.15) is 23.2 Å². The van der Waals surface area contributed by atoms with Gasteiger partial charge >= 0.3 is 0 Å². The number of carbonyl (C=O) groups is 1. The Morgan fingerprint density at radius 3 is 2.53 bits per heavy atom. The number of allylic oxidation sites excluding steroid dienone is 1. The molecular formula is C31H41FN4O2. The third-order valence-electron chi connectivity index (χ3n) is 6.62. The molecule has 1 aliphatic rings. The van der Waals surface area contributed by atoms with Crippen molar-refractivity contribution in [3.63, 3.8) is 0 Å². The summed E-state index contributed by atoms with van der Waals surface area (Å²) in [5.74, 6) is 0.686. The summed E-state index contributed by atoms with van der Waals surface area (Å²) < 4.78 is 19.8. The Labute approximate surface area is 226 Å². The molecule has 7 heteroatoms. The molecule has 1 aromatic heterocycles. The van der Waals surface area contributed by atoms with E-state index in [1.807, 2.05) is 19.1 Å². The lowest BCUT2D eigenvalue weighted by Gasteiger charge is -2.34. The average molecular weight is 521 g/mol. The number of piperidine rings is 1. The second kappa shape index (κ2) is 15.1. The first-order valence-electron chi connectivity index (χ1n) is 13.5. The first kappa shape index (κ1) is 29.1. The van der Waals surface area contributed by atoms with Gasteiger partial charge in [0.2, 0.25) is 6.41 Å². The van der Waals surface area contributed by atoms with Crippen LogP contribution in [0.4, 0.5) is 4.39 Å². The third kappa shape index (κ3) is 8.55. The van der Waals surface area contributed by atoms with Crippen LogP contribution in [0.5, 0.6) is 5.75 Å². The lowest BCUT2D eigenvalue weighted by molar-refractivity contribution is -0.109. The molecule has 4 rings (SSSR count). The number of aryl methyl sites for hydroxylation is 1. The molecule has 0 unspecified atom stereocenters. The smallest absolute Gasteiger partial charge is 0.207 e. The Bertz CT molecular complexity index is 1170. The molecule has 1 amide bonds. The van der Waals surface area contributed by atoms with E-state index >= 15 is 0 Å². The van der Waals surface area contributed by atoms with Crippen molar-refractivity contribution < 1.29 is 13.9 Å². The summed E-state index contributed by atoms with van der Waals surface area (Å²) in [5.41, 5.74) is 3.48. The van der Waals surface area contributed by atoms with E-state index in [1.54, 1.807) is 18.3 Å². The number of fused-ring (bicyclic) bond motifs is 1. The lowest BCUT2D eigenvalue weighted by Crippen LogP contribution is -2.41. The molecule has 1 saturated heterocycles. The van der Waals surface area contributed by atoms with E-state index in [9.17, 15) is 9.18 Å². The maximum Gasteiger partial charge on any atom is 0.207 e. The van der Waals surface area contributed by atoms with Crippen LogP contribution in [0.25, 0.3) is 16.6 Å². The number of benzene rings is 2. The molecule has 0 spiro atoms. The second-order valence-corrected chi connectivity index (χ2v) is 9.78. The zero-order valence-electron chi connectivity index (χ0n) is 23.0. The Morgan fingerprint density at radius 1 is 1.13 bits per heavy atom. The van der Waals surface area contributed by atoms with Crippen LogP contribution >= 0.6 is 0 Å². The van der Waals surface area contributed by atoms with E-state index in [0.717, 1.165) is 54.7 Å². The SMILES string of the molecule is CC/C=C(/NCCNC=O)c1ccc(F)c2ncccc12.Cc1ccc(OC2CCN(C(C)C)CC2)cc1. The van der Waals surface area contributed by atoms with Crippen molar-refractivity contribution in [3.05, 3.63) is 77.7 Å². The van der Waals surface area contributed by atoms with Crippen molar-refractivity contribution in [2.45, 2.75) is 59.1 Å². The molecule has 2 N–H and O–H groups in total. The molecule has 1 fully saturated rings. The normalized spacial score (nSPS) is 14.6. The predicted molar refractivity (Wildman–Crippen MR) is 154 cm³/mol. The van der Waals surface area contributed by atoms with Gasteiger partial charge < -0.3 is 20.3 Å². The van der Waals surface area contributed by atoms with Crippen LogP contribution in [0.1, 0.15) is 51.2 Å². The van der Waals surface area contributed by atoms with Gasteiger partial charge in [-0.15, -0.1) is 0 Å². The van der Waals surface area contributed by atoms with Crippen molar-refractivity contribution in [2.24, 2.45) is 0 Å². The van der Waals surface area contributed by atoms with Crippen molar-refractivity contribution in [3.8, 4) is 5.75 Å². The van der Waals surface area contributed by atoms with E-state index in [4.69, 9.17) is 4.74 Å². The zero-order valence-corrected chi connectivity index (χ0v) is 23.0. The molecule has 3 aromatic rings. The van der Waals surface area contributed by atoms with Crippen LogP contribution in [-0.4, -0.2) is 54.6 Å². The number of nitrogens with zero attached hydrogens (tertiary/aromatic N) is 2. The number of hydrogen-bond acceptors (Lipinski definition) is 5. The highest BCUT2D eigenvalue weighted by molar-refractivity contribution is 5.91. The maximum absolute atomic E-state index is 13.8. The average Bonchev–Trinajstić information content (AvgIpc) is 2.93. The molecule has 2 heterocycles. The predicted octanol–water partition coefficient (Wildman–Crippen LogP) is 5.71. The minimum Gasteiger partial charge on any atom is -0.490 e. The van der Waals surface area contributed by atoms with Crippen LogP contribution in [0.15, 0.2) is 60.8 Å². The highest BCUT2D eigenvalue weighted by atomic mass is 19.1. The largest absolute Gasteiger partial charge is 0.490 e. The van der Waals surface area contributed by atoms with Crippen molar-refractivity contribution in [2.75, 3.05) is 26.2 Å². The zero-order chi connectivity index (χ0) is 27.3. The van der Waals surface area contributed by atoms with E-state index in [-0.39, 0.29) is 5.82 Å². The molecule has 38 heavy (non-hydrogen) atoms. The molecule has 204 valence electrons. The number of likely N-dealkylation sites (tertiary alicyclic amines) is 1. The Balaban J connectivity index is 0.000000215. The van der Waals surface area contributed by atoms with Gasteiger partial charge in [-0.3, -0.25) is 9.78 Å². The fraction of sp³-hybridized carbons (Fsp3) is 0.419. The van der Waals surface area contributed by atoms with Gasteiger partial charge in [0.05, 0.1) is 0 Å². The highest BCUT2D eigenvalue weighted by Gasteiger charge is 2.21. The number of ether oxygens (including phenoxy) is 1. The van der Waals surface area contributed by atoms with Crippen LogP contribution < -0.4 is 15.4 Å². The van der Waals surface area contributed by atoms with Crippen LogP contribution in [0.2, 0.25) is 0 Å². The maximum atomic E-state index is 13.8. The van der Waals surface area contributed by atoms with Crippen LogP contribution in [0.3, 0.4) is 0 Å². The number of pyridine rings is 1. The summed E-state index contributed by atoms with van der Waals surface area (Å²) in [6.45, 7) is 12.1. The van der Waals surface area contributed by atoms with Crippen molar-refractivity contribution in [1.82, 2.24) is 20.5 Å². The number of rotatable bonds is 10. The van der Waals surface area contributed by atoms with E-state index in [0.29, 0.717) is 37.2 Å². The standard InChI is InChI=1S/C16H18FN3O.C15H23NO/c1-2-4-15(19-10-9-18-11-21)12-6-7-14(17)16-13(12)5-3-8-20-16;1-12(2)16-10-8-15(9-11-16)17-14-6-4-13(3)5-7-14/h3-8,11,19H,2,9-10H2,1H3,(H,18,21);4-7,12,15H,8-11H2,1-3H3/b15-4+;. The summed E-state index contributed by atoms with van der Waals surface area (Å²) in [6.07, 6.45) is 7.83. The lowest BCUT2D eigenvalue weighted by atomic mass is 10.0. The molecule has 0 radical (unpaired) electrons. The van der Waals surface area contributed by atoms with Gasteiger partial charge in [-0.1, -0.05) is 36.8 Å². The van der Waals surface area contributed by atoms with E-state index in [2.05, 4.69) is 65.6 Å². The number of hydrogen-bond donors (Lipinski definition) is 2. The number of nitrogens with one attached hydrogen (secondary N) is 2. The Hall–Kier alpha value is -3.45. The van der Waals surface area contributed by atoms with E-state index in [1.165, 1.54) is 11.6 Å². The quantitative estimate of drug-likeness (QED) is 0.265. The van der Waals surface area contributed by atoms with Gasteiger partial charge in [0.15, 0.2) is 0 Å². The van der Waals surface area contributed by atoms with Gasteiger partial charge in [-0.2, -0.15) is 0 Å². The van der Waals surface area contributed by atoms with Gasteiger partial charge in [0, 0.05) is 55.1 Å². The Morgan fingerprint density at radius 2 is 1.87 bits per heavy atom. The molecule has 0 saturated carbocycles. The molecular weight excluding hydrogens is 479 g/mol. The fourth-order valence-electron chi connectivity index (χ4n) is 4.50. The van der Waals surface area contributed by atoms with E-state index < -0.39 is 0 Å². The van der Waals surface area contributed by atoms with Crippen molar-refractivity contribution in [1.29, 1.82) is 0 Å². The number of halogens is 1. The highest BCUT2D eigenvalue weighted by Crippen LogP contribution is 2.25. The molecule has 1 aliphatic heterocycles. The monoisotopic (exact) mass is 520 g/mol. The fourth-order valence-corrected chi connectivity index (χ4v) is 4.50. The summed E-state index contributed by atoms with van der Waals surface area (Å²) >= 11 is 0. The third-order valence-corrected chi connectivity index (χ3v) is 6.62. The Kier molecular flexibility index (Phi) is 11.6. The summed E-state index contributed by atoms with van der Waals surface area (Å²) in [4.78, 5) is 16.9. The topological polar surface area (TPSA) is 66.5 Å². The minimum absolute atomic E-state index is 0.326. The molecule has 2 aromatic carbocycles. The molecule has 0 bridgehead atoms. The van der Waals surface area contributed by atoms with Crippen LogP contribution in [-0.2, 0) is 4.79 Å². The number of carbonyl (C=O) groups excluding carboxylic acids is 1. The number of aromatic nitrogens is 1. The minimum atomic E-state index is -0.326. The number of amides is 1. The van der Waals surface area contributed by atoms with Crippen LogP contribution in [0, 0.1) is 12.7 Å². The summed E-state index contributed by atoms with van der Waals surface area (Å²) in [6, 6.07) is 15.9. The van der Waals surface area contributed by atoms with Gasteiger partial charge in [0.25, 0.3) is 0 Å².